The normalized spacial score (nSPS) is 22.7. The number of halogens is 1. The summed E-state index contributed by atoms with van der Waals surface area (Å²) < 4.78 is 19.2. The van der Waals surface area contributed by atoms with Gasteiger partial charge in [-0.1, -0.05) is 132 Å². The van der Waals surface area contributed by atoms with Crippen LogP contribution in [0.1, 0.15) is 290 Å². The number of methoxy groups -OCH3 is 1. The smallest absolute Gasteiger partial charge is 0.143 e. The van der Waals surface area contributed by atoms with Crippen molar-refractivity contribution in [1.82, 2.24) is 44.9 Å². The van der Waals surface area contributed by atoms with E-state index in [1.807, 2.05) is 6.07 Å². The third-order valence-electron chi connectivity index (χ3n) is 15.0. The van der Waals surface area contributed by atoms with Crippen LogP contribution in [0.15, 0.2) is 37.6 Å². The Labute approximate surface area is 438 Å². The number of pyridine rings is 1. The average Bonchev–Trinajstić information content (AvgIpc) is 4.13. The Kier molecular flexibility index (Phi) is 17.6. The van der Waals surface area contributed by atoms with E-state index in [1.165, 1.54) is 70.0 Å². The van der Waals surface area contributed by atoms with Crippen LogP contribution in [0.3, 0.4) is 0 Å². The van der Waals surface area contributed by atoms with Gasteiger partial charge in [0.2, 0.25) is 0 Å². The van der Waals surface area contributed by atoms with Crippen molar-refractivity contribution in [3.63, 3.8) is 0 Å². The molecule has 1 N–H and O–H groups in total. The number of fused-ring (bicyclic) bond motifs is 5. The Morgan fingerprint density at radius 3 is 1.51 bits per heavy atom. The molecule has 10 rings (SSSR count). The number of aliphatic hydroxyl groups is 1. The van der Waals surface area contributed by atoms with Crippen molar-refractivity contribution >= 4 is 0 Å². The summed E-state index contributed by atoms with van der Waals surface area (Å²) in [7, 11) is 1.76. The van der Waals surface area contributed by atoms with Gasteiger partial charge in [0.05, 0.1) is 46.0 Å². The lowest BCUT2D eigenvalue weighted by Gasteiger charge is -2.23. The number of hydrogen-bond donors (Lipinski definition) is 1. The van der Waals surface area contributed by atoms with Crippen LogP contribution in [0.4, 0.5) is 4.39 Å². The molecular weight excluding hydrogens is 910 g/mol. The van der Waals surface area contributed by atoms with Crippen LogP contribution in [0, 0.1) is 0 Å². The van der Waals surface area contributed by atoms with E-state index in [0.717, 1.165) is 53.9 Å². The molecule has 73 heavy (non-hydrogen) atoms. The van der Waals surface area contributed by atoms with Crippen molar-refractivity contribution in [3.05, 3.63) is 122 Å². The van der Waals surface area contributed by atoms with E-state index in [4.69, 9.17) is 4.74 Å². The lowest BCUT2D eigenvalue weighted by atomic mass is 9.82. The predicted octanol–water partition coefficient (Wildman–Crippen LogP) is 14.3. The van der Waals surface area contributed by atoms with Gasteiger partial charge in [-0.15, -0.1) is 0 Å². The lowest BCUT2D eigenvalue weighted by Crippen LogP contribution is -2.18. The minimum Gasteiger partial charge on any atom is -0.387 e. The maximum Gasteiger partial charge on any atom is 0.143 e. The summed E-state index contributed by atoms with van der Waals surface area (Å²) in [5, 5.41) is 9.85. The van der Waals surface area contributed by atoms with E-state index in [0.29, 0.717) is 35.8 Å². The summed E-state index contributed by atoms with van der Waals surface area (Å²) in [5.41, 5.74) is 18.1. The van der Waals surface area contributed by atoms with Gasteiger partial charge in [0.15, 0.2) is 0 Å². The van der Waals surface area contributed by atoms with Gasteiger partial charge in [-0.25, -0.2) is 44.3 Å². The van der Waals surface area contributed by atoms with E-state index < -0.39 is 12.3 Å². The number of alkyl halides is 1. The molecule has 0 aromatic carbocycles. The molecule has 12 heteroatoms. The fourth-order valence-electron chi connectivity index (χ4n) is 11.5. The van der Waals surface area contributed by atoms with Gasteiger partial charge in [0.25, 0.3) is 0 Å². The number of hydrogen-bond acceptors (Lipinski definition) is 11. The molecule has 0 aliphatic heterocycles. The highest BCUT2D eigenvalue weighted by molar-refractivity contribution is 5.43. The molecule has 0 saturated carbocycles. The number of aliphatic hydroxyl groups excluding tert-OH is 1. The zero-order valence-electron chi connectivity index (χ0n) is 48.4. The molecule has 398 valence electrons. The number of aromatic nitrogens is 9. The van der Waals surface area contributed by atoms with E-state index in [1.54, 1.807) is 38.6 Å². The molecule has 5 heterocycles. The summed E-state index contributed by atoms with van der Waals surface area (Å²) in [6.45, 7) is 41.6. The Bertz CT molecular complexity index is 2610. The molecule has 0 saturated heterocycles. The highest BCUT2D eigenvalue weighted by Gasteiger charge is 2.38. The van der Waals surface area contributed by atoms with Gasteiger partial charge in [-0.2, -0.15) is 0 Å². The first-order valence-electron chi connectivity index (χ1n) is 27.1. The molecule has 7 atom stereocenters. The summed E-state index contributed by atoms with van der Waals surface area (Å²) in [6, 6.07) is 2.04. The minimum absolute atomic E-state index is 0.0192. The number of aryl methyl sites for hydroxylation is 2. The Balaban J connectivity index is 0.000000149. The number of rotatable bonds is 1. The second-order valence-corrected chi connectivity index (χ2v) is 26.6. The SMILES string of the molecule is CC(C)(C)c1ncnc2c1CCC2.CC1CC(F)c2nccc(C(C)(C)C)c21.CC1CC(O)c2ncnc(C(C)(C)C)c21.CC1CCc2ncnc(C(C)(C)C)c21.COC1CC(C)c2c1ncnc2C(C)(C)C. The van der Waals surface area contributed by atoms with Crippen LogP contribution in [0.2, 0.25) is 0 Å². The van der Waals surface area contributed by atoms with Gasteiger partial charge in [0.1, 0.15) is 37.6 Å². The van der Waals surface area contributed by atoms with Crippen LogP contribution in [-0.2, 0) is 51.1 Å². The first-order valence-corrected chi connectivity index (χ1v) is 27.1. The molecule has 5 aliphatic carbocycles. The van der Waals surface area contributed by atoms with Crippen molar-refractivity contribution in [1.29, 1.82) is 0 Å². The van der Waals surface area contributed by atoms with E-state index in [2.05, 4.69) is 176 Å². The molecule has 0 fully saturated rings. The summed E-state index contributed by atoms with van der Waals surface area (Å²) in [5.74, 6) is 1.80. The molecule has 0 radical (unpaired) electrons. The fraction of sp³-hybridized carbons (Fsp3) is 0.656. The quantitative estimate of drug-likeness (QED) is 0.171. The molecule has 5 aliphatic rings. The minimum atomic E-state index is -0.864. The van der Waals surface area contributed by atoms with Crippen molar-refractivity contribution < 1.29 is 14.2 Å². The first kappa shape index (κ1) is 57.6. The maximum atomic E-state index is 13.7. The lowest BCUT2D eigenvalue weighted by molar-refractivity contribution is 0.0982. The second-order valence-electron chi connectivity index (χ2n) is 26.6. The average molecular weight is 1000 g/mol. The molecule has 0 spiro atoms. The molecule has 0 bridgehead atoms. The van der Waals surface area contributed by atoms with Gasteiger partial charge in [0, 0.05) is 57.5 Å². The topological polar surface area (TPSA) is 145 Å². The monoisotopic (exact) mass is 1000 g/mol. The van der Waals surface area contributed by atoms with Crippen LogP contribution in [0.25, 0.3) is 0 Å². The van der Waals surface area contributed by atoms with Crippen LogP contribution < -0.4 is 0 Å². The molecule has 7 unspecified atom stereocenters. The van der Waals surface area contributed by atoms with Crippen molar-refractivity contribution in [2.45, 2.75) is 252 Å². The molecule has 11 nitrogen and oxygen atoms in total. The van der Waals surface area contributed by atoms with Gasteiger partial charge in [-0.05, 0) is 109 Å². The fourth-order valence-corrected chi connectivity index (χ4v) is 11.5. The van der Waals surface area contributed by atoms with Crippen molar-refractivity contribution in [2.24, 2.45) is 0 Å². The largest absolute Gasteiger partial charge is 0.387 e. The third-order valence-corrected chi connectivity index (χ3v) is 15.0. The predicted molar refractivity (Wildman–Crippen MR) is 292 cm³/mol. The summed E-state index contributed by atoms with van der Waals surface area (Å²) in [6.07, 6.45) is 15.6. The van der Waals surface area contributed by atoms with Gasteiger partial charge in [-0.3, -0.25) is 4.98 Å². The van der Waals surface area contributed by atoms with Crippen molar-refractivity contribution in [2.75, 3.05) is 7.11 Å². The van der Waals surface area contributed by atoms with E-state index >= 15 is 0 Å². The summed E-state index contributed by atoms with van der Waals surface area (Å²) >= 11 is 0. The van der Waals surface area contributed by atoms with Crippen LogP contribution in [-0.4, -0.2) is 57.1 Å². The highest BCUT2D eigenvalue weighted by Crippen LogP contribution is 2.47. The summed E-state index contributed by atoms with van der Waals surface area (Å²) in [4.78, 5) is 39.2. The zero-order valence-corrected chi connectivity index (χ0v) is 48.4. The highest BCUT2D eigenvalue weighted by atomic mass is 19.1. The number of nitrogens with zero attached hydrogens (tertiary/aromatic N) is 9. The van der Waals surface area contributed by atoms with Crippen molar-refractivity contribution in [3.8, 4) is 0 Å². The maximum absolute atomic E-state index is 13.7. The van der Waals surface area contributed by atoms with Crippen LogP contribution >= 0.6 is 0 Å². The third kappa shape index (κ3) is 13.1. The standard InChI is InChI=1S/C13H18FN.C13H20N2O.C12H18N2O.C12H18N2.C11H16N2/c1-8-7-10(14)12-11(8)9(5-6-15-12)13(2,3)4;1-8-6-9(16-5)11-10(8)12(13(2,3)4)15-7-14-11;1-7-5-8(15)10-9(7)11(12(2,3)4)14-6-13-10;1-8-5-6-9-10(8)11(12(2,3)4)14-7-13-9;1-11(2,3)10-8-5-4-6-9(8)12-7-13-10/h5-6,8,10H,7H2,1-4H3;7-9H,6H2,1-5H3;6-8,15H,5H2,1-4H3;7-8H,5-6H2,1-4H3;7H,4-6H2,1-3H3. The second kappa shape index (κ2) is 22.3. The molecular formula is C61H90FN9O2. The first-order chi connectivity index (χ1) is 33.9. The molecule has 5 aromatic heterocycles. The Morgan fingerprint density at radius 1 is 0.479 bits per heavy atom. The van der Waals surface area contributed by atoms with E-state index in [-0.39, 0.29) is 33.2 Å². The van der Waals surface area contributed by atoms with Gasteiger partial charge < -0.3 is 9.84 Å². The number of ether oxygens (including phenoxy) is 1. The van der Waals surface area contributed by atoms with Crippen LogP contribution in [0.5, 0.6) is 0 Å². The van der Waals surface area contributed by atoms with E-state index in [9.17, 15) is 9.50 Å². The zero-order chi connectivity index (χ0) is 54.2. The van der Waals surface area contributed by atoms with Gasteiger partial charge >= 0.3 is 0 Å². The Morgan fingerprint density at radius 2 is 0.959 bits per heavy atom. The Hall–Kier alpha value is -4.68. The molecule has 0 amide bonds. The molecule has 5 aromatic rings.